The molecular formula is C15H20F3NO4. The van der Waals surface area contributed by atoms with Crippen molar-refractivity contribution in [3.8, 4) is 5.75 Å². The van der Waals surface area contributed by atoms with Gasteiger partial charge in [0.15, 0.2) is 0 Å². The third-order valence-electron chi connectivity index (χ3n) is 2.71. The van der Waals surface area contributed by atoms with Crippen LogP contribution in [0.3, 0.4) is 0 Å². The highest BCUT2D eigenvalue weighted by Crippen LogP contribution is 2.35. The molecule has 130 valence electrons. The van der Waals surface area contributed by atoms with Crippen molar-refractivity contribution >= 4 is 11.6 Å². The number of carbonyl (C=O) groups excluding carboxylic acids is 1. The van der Waals surface area contributed by atoms with Gasteiger partial charge in [0.1, 0.15) is 12.4 Å². The second kappa shape index (κ2) is 9.36. The van der Waals surface area contributed by atoms with Gasteiger partial charge in [0.25, 0.3) is 0 Å². The third-order valence-corrected chi connectivity index (χ3v) is 2.71. The summed E-state index contributed by atoms with van der Waals surface area (Å²) in [7, 11) is 1.49. The summed E-state index contributed by atoms with van der Waals surface area (Å²) < 4.78 is 53.5. The molecule has 1 aromatic carbocycles. The molecule has 23 heavy (non-hydrogen) atoms. The van der Waals surface area contributed by atoms with Gasteiger partial charge < -0.3 is 19.5 Å². The van der Waals surface area contributed by atoms with E-state index in [9.17, 15) is 18.0 Å². The third kappa shape index (κ3) is 6.87. The molecule has 0 bridgehead atoms. The van der Waals surface area contributed by atoms with E-state index >= 15 is 0 Å². The number of rotatable bonds is 9. The van der Waals surface area contributed by atoms with E-state index in [1.807, 2.05) is 6.92 Å². The first-order valence-electron chi connectivity index (χ1n) is 7.09. The number of carbonyl (C=O) groups is 1. The molecule has 0 spiro atoms. The number of amides is 1. The van der Waals surface area contributed by atoms with E-state index in [2.05, 4.69) is 5.32 Å². The van der Waals surface area contributed by atoms with Gasteiger partial charge in [0.2, 0.25) is 5.91 Å². The largest absolute Gasteiger partial charge is 0.491 e. The lowest BCUT2D eigenvalue weighted by atomic mass is 10.1. The summed E-state index contributed by atoms with van der Waals surface area (Å²) >= 11 is 0. The topological polar surface area (TPSA) is 56.8 Å². The van der Waals surface area contributed by atoms with Gasteiger partial charge in [-0.25, -0.2) is 0 Å². The van der Waals surface area contributed by atoms with Crippen molar-refractivity contribution in [3.63, 3.8) is 0 Å². The summed E-state index contributed by atoms with van der Waals surface area (Å²) in [5.74, 6) is -0.383. The normalized spacial score (nSPS) is 11.3. The summed E-state index contributed by atoms with van der Waals surface area (Å²) in [6.07, 6.45) is -3.81. The SMILES string of the molecule is CCCOc1ccc(C(F)(F)F)cc1NC(=O)COCCOC. The maximum Gasteiger partial charge on any atom is 0.416 e. The first-order valence-corrected chi connectivity index (χ1v) is 7.09. The number of methoxy groups -OCH3 is 1. The van der Waals surface area contributed by atoms with Gasteiger partial charge >= 0.3 is 6.18 Å². The van der Waals surface area contributed by atoms with E-state index in [1.54, 1.807) is 0 Å². The molecule has 1 rings (SSSR count). The summed E-state index contributed by atoms with van der Waals surface area (Å²) in [6.45, 7) is 2.45. The van der Waals surface area contributed by atoms with Crippen molar-refractivity contribution in [2.45, 2.75) is 19.5 Å². The molecule has 0 saturated heterocycles. The van der Waals surface area contributed by atoms with E-state index in [0.29, 0.717) is 19.6 Å². The Balaban J connectivity index is 2.80. The fraction of sp³-hybridized carbons (Fsp3) is 0.533. The molecule has 0 fully saturated rings. The van der Waals surface area contributed by atoms with Crippen molar-refractivity contribution in [2.75, 3.05) is 38.9 Å². The van der Waals surface area contributed by atoms with E-state index in [1.165, 1.54) is 13.2 Å². The molecular weight excluding hydrogens is 315 g/mol. The van der Waals surface area contributed by atoms with Crippen LogP contribution in [0.4, 0.5) is 18.9 Å². The van der Waals surface area contributed by atoms with Crippen LogP contribution in [0.15, 0.2) is 18.2 Å². The Morgan fingerprint density at radius 3 is 2.57 bits per heavy atom. The molecule has 0 aliphatic heterocycles. The Morgan fingerprint density at radius 2 is 1.96 bits per heavy atom. The molecule has 8 heteroatoms. The van der Waals surface area contributed by atoms with Crippen LogP contribution >= 0.6 is 0 Å². The number of benzene rings is 1. The Morgan fingerprint density at radius 1 is 1.22 bits per heavy atom. The fourth-order valence-electron chi connectivity index (χ4n) is 1.64. The van der Waals surface area contributed by atoms with Crippen molar-refractivity contribution in [1.29, 1.82) is 0 Å². The lowest BCUT2D eigenvalue weighted by Crippen LogP contribution is -2.20. The van der Waals surface area contributed by atoms with Gasteiger partial charge in [0.05, 0.1) is 31.1 Å². The lowest BCUT2D eigenvalue weighted by Gasteiger charge is -2.15. The number of alkyl halides is 3. The summed E-state index contributed by atoms with van der Waals surface area (Å²) in [5.41, 5.74) is -0.898. The highest BCUT2D eigenvalue weighted by Gasteiger charge is 2.31. The molecule has 0 saturated carbocycles. The molecule has 0 unspecified atom stereocenters. The monoisotopic (exact) mass is 335 g/mol. The molecule has 5 nitrogen and oxygen atoms in total. The summed E-state index contributed by atoms with van der Waals surface area (Å²) in [4.78, 5) is 11.7. The minimum atomic E-state index is -4.50. The van der Waals surface area contributed by atoms with Gasteiger partial charge in [0, 0.05) is 7.11 Å². The number of hydrogen-bond donors (Lipinski definition) is 1. The lowest BCUT2D eigenvalue weighted by molar-refractivity contribution is -0.137. The molecule has 1 aromatic rings. The second-order valence-electron chi connectivity index (χ2n) is 4.65. The molecule has 0 aromatic heterocycles. The van der Waals surface area contributed by atoms with Crippen LogP contribution in [0.5, 0.6) is 5.75 Å². The van der Waals surface area contributed by atoms with Crippen molar-refractivity contribution in [2.24, 2.45) is 0 Å². The smallest absolute Gasteiger partial charge is 0.416 e. The summed E-state index contributed by atoms with van der Waals surface area (Å²) in [5, 5.41) is 2.38. The first kappa shape index (κ1) is 19.2. The number of hydrogen-bond acceptors (Lipinski definition) is 4. The number of nitrogens with one attached hydrogen (secondary N) is 1. The Kier molecular flexibility index (Phi) is 7.84. The fourth-order valence-corrected chi connectivity index (χ4v) is 1.64. The minimum absolute atomic E-state index is 0.0337. The molecule has 0 heterocycles. The average molecular weight is 335 g/mol. The average Bonchev–Trinajstić information content (AvgIpc) is 2.49. The van der Waals surface area contributed by atoms with Gasteiger partial charge in [-0.15, -0.1) is 0 Å². The Labute approximate surface area is 132 Å². The maximum absolute atomic E-state index is 12.8. The van der Waals surface area contributed by atoms with Crippen molar-refractivity contribution < 1.29 is 32.2 Å². The van der Waals surface area contributed by atoms with Gasteiger partial charge in [-0.1, -0.05) is 6.92 Å². The van der Waals surface area contributed by atoms with Gasteiger partial charge in [-0.2, -0.15) is 13.2 Å². The van der Waals surface area contributed by atoms with Gasteiger partial charge in [-0.05, 0) is 24.6 Å². The molecule has 0 atom stereocenters. The zero-order valence-corrected chi connectivity index (χ0v) is 13.0. The van der Waals surface area contributed by atoms with Crippen LogP contribution in [0.2, 0.25) is 0 Å². The van der Waals surface area contributed by atoms with Crippen molar-refractivity contribution in [1.82, 2.24) is 0 Å². The first-order chi connectivity index (χ1) is 10.9. The van der Waals surface area contributed by atoms with Crippen LogP contribution < -0.4 is 10.1 Å². The zero-order valence-electron chi connectivity index (χ0n) is 13.0. The van der Waals surface area contributed by atoms with Crippen LogP contribution in [0.25, 0.3) is 0 Å². The van der Waals surface area contributed by atoms with Crippen LogP contribution in [-0.2, 0) is 20.4 Å². The standard InChI is InChI=1S/C15H20F3NO4/c1-3-6-23-13-5-4-11(15(16,17)18)9-12(13)19-14(20)10-22-8-7-21-2/h4-5,9H,3,6-8,10H2,1-2H3,(H,19,20). The van der Waals surface area contributed by atoms with Crippen LogP contribution in [0.1, 0.15) is 18.9 Å². The second-order valence-corrected chi connectivity index (χ2v) is 4.65. The van der Waals surface area contributed by atoms with E-state index in [4.69, 9.17) is 14.2 Å². The number of anilines is 1. The quantitative estimate of drug-likeness (QED) is 0.705. The molecule has 1 amide bonds. The Hall–Kier alpha value is -1.80. The number of ether oxygens (including phenoxy) is 3. The van der Waals surface area contributed by atoms with Crippen LogP contribution in [-0.4, -0.2) is 39.4 Å². The zero-order chi connectivity index (χ0) is 17.3. The molecule has 0 aliphatic rings. The minimum Gasteiger partial charge on any atom is -0.491 e. The maximum atomic E-state index is 12.8. The van der Waals surface area contributed by atoms with Crippen LogP contribution in [0, 0.1) is 0 Å². The highest BCUT2D eigenvalue weighted by molar-refractivity contribution is 5.93. The molecule has 1 N–H and O–H groups in total. The van der Waals surface area contributed by atoms with E-state index < -0.39 is 17.6 Å². The number of halogens is 3. The Bertz CT molecular complexity index is 506. The predicted molar refractivity (Wildman–Crippen MR) is 78.6 cm³/mol. The van der Waals surface area contributed by atoms with E-state index in [-0.39, 0.29) is 24.7 Å². The predicted octanol–water partition coefficient (Wildman–Crippen LogP) is 3.10. The van der Waals surface area contributed by atoms with Gasteiger partial charge in [-0.3, -0.25) is 4.79 Å². The molecule has 0 aliphatic carbocycles. The highest BCUT2D eigenvalue weighted by atomic mass is 19.4. The summed E-state index contributed by atoms with van der Waals surface area (Å²) in [6, 6.07) is 2.95. The molecule has 0 radical (unpaired) electrons. The van der Waals surface area contributed by atoms with E-state index in [0.717, 1.165) is 12.1 Å². The van der Waals surface area contributed by atoms with Crippen molar-refractivity contribution in [3.05, 3.63) is 23.8 Å².